The Balaban J connectivity index is 2.47. The van der Waals surface area contributed by atoms with Gasteiger partial charge in [0.1, 0.15) is 0 Å². The van der Waals surface area contributed by atoms with Crippen LogP contribution in [-0.4, -0.2) is 16.8 Å². The summed E-state index contributed by atoms with van der Waals surface area (Å²) < 4.78 is 5.05. The van der Waals surface area contributed by atoms with Crippen molar-refractivity contribution in [2.75, 3.05) is 11.9 Å². The Bertz CT molecular complexity index is 250. The summed E-state index contributed by atoms with van der Waals surface area (Å²) >= 11 is 4.88. The first kappa shape index (κ1) is 8.93. The van der Waals surface area contributed by atoms with Gasteiger partial charge in [-0.2, -0.15) is 0 Å². The van der Waals surface area contributed by atoms with Crippen LogP contribution in [0.25, 0.3) is 0 Å². The number of nitrogens with one attached hydrogen (secondary N) is 1. The van der Waals surface area contributed by atoms with Crippen molar-refractivity contribution in [1.82, 2.24) is 4.98 Å². The molecule has 0 unspecified atom stereocenters. The van der Waals surface area contributed by atoms with Crippen LogP contribution < -0.4 is 5.32 Å². The molecule has 0 amide bonds. The van der Waals surface area contributed by atoms with Gasteiger partial charge in [0, 0.05) is 18.1 Å². The molecule has 0 saturated heterocycles. The number of ether oxygens (including phenoxy) is 1. The number of aromatic nitrogens is 1. The first-order valence-electron chi connectivity index (χ1n) is 3.66. The molecule has 0 spiro atoms. The smallest absolute Gasteiger partial charge is 0.261 e. The van der Waals surface area contributed by atoms with Crippen molar-refractivity contribution in [3.8, 4) is 0 Å². The summed E-state index contributed by atoms with van der Waals surface area (Å²) in [5.41, 5.74) is 0.892. The molecule has 1 aromatic rings. The van der Waals surface area contributed by atoms with Crippen molar-refractivity contribution in [2.45, 2.75) is 6.92 Å². The predicted molar refractivity (Wildman–Crippen MR) is 52.1 cm³/mol. The number of anilines is 1. The summed E-state index contributed by atoms with van der Waals surface area (Å²) in [6, 6.07) is 3.65. The second kappa shape index (κ2) is 4.66. The van der Waals surface area contributed by atoms with E-state index in [0.717, 1.165) is 5.69 Å². The third-order valence-corrected chi connectivity index (χ3v) is 1.42. The molecule has 1 rings (SSSR count). The van der Waals surface area contributed by atoms with Gasteiger partial charge in [0.25, 0.3) is 5.17 Å². The number of hydrogen-bond donors (Lipinski definition) is 1. The minimum absolute atomic E-state index is 0.392. The van der Waals surface area contributed by atoms with E-state index in [1.807, 2.05) is 19.1 Å². The molecule has 1 heterocycles. The maximum Gasteiger partial charge on any atom is 0.261 e. The van der Waals surface area contributed by atoms with E-state index in [1.165, 1.54) is 0 Å². The summed E-state index contributed by atoms with van der Waals surface area (Å²) in [5, 5.41) is 3.30. The number of nitrogens with zero attached hydrogens (tertiary/aromatic N) is 1. The summed E-state index contributed by atoms with van der Waals surface area (Å²) in [6.45, 7) is 2.47. The molecule has 1 N–H and O–H groups in total. The van der Waals surface area contributed by atoms with Crippen LogP contribution in [0.4, 0.5) is 5.69 Å². The zero-order valence-electron chi connectivity index (χ0n) is 6.78. The molecule has 1 aromatic heterocycles. The predicted octanol–water partition coefficient (Wildman–Crippen LogP) is 1.81. The lowest BCUT2D eigenvalue weighted by atomic mass is 10.4. The summed E-state index contributed by atoms with van der Waals surface area (Å²) in [7, 11) is 0. The first-order chi connectivity index (χ1) is 5.83. The van der Waals surface area contributed by atoms with E-state index in [0.29, 0.717) is 11.8 Å². The Hall–Kier alpha value is -1.16. The normalized spacial score (nSPS) is 9.08. The molecular weight excluding hydrogens is 172 g/mol. The minimum Gasteiger partial charge on any atom is -0.471 e. The number of hydrogen-bond acceptors (Lipinski definition) is 3. The maximum atomic E-state index is 5.05. The highest BCUT2D eigenvalue weighted by molar-refractivity contribution is 7.80. The maximum absolute atomic E-state index is 5.05. The van der Waals surface area contributed by atoms with Crippen molar-refractivity contribution in [3.05, 3.63) is 24.5 Å². The van der Waals surface area contributed by atoms with Crippen LogP contribution >= 0.6 is 12.2 Å². The molecule has 64 valence electrons. The van der Waals surface area contributed by atoms with Crippen molar-refractivity contribution in [1.29, 1.82) is 0 Å². The lowest BCUT2D eigenvalue weighted by Crippen LogP contribution is -2.12. The molecule has 0 saturated carbocycles. The van der Waals surface area contributed by atoms with Gasteiger partial charge in [-0.3, -0.25) is 4.98 Å². The van der Waals surface area contributed by atoms with E-state index in [2.05, 4.69) is 10.3 Å². The highest BCUT2D eigenvalue weighted by Crippen LogP contribution is 2.03. The fourth-order valence-electron chi connectivity index (χ4n) is 0.720. The van der Waals surface area contributed by atoms with Gasteiger partial charge >= 0.3 is 0 Å². The van der Waals surface area contributed by atoms with Gasteiger partial charge in [-0.1, -0.05) is 0 Å². The second-order valence-corrected chi connectivity index (χ2v) is 2.45. The largest absolute Gasteiger partial charge is 0.471 e. The summed E-state index contributed by atoms with van der Waals surface area (Å²) in [6.07, 6.45) is 3.38. The molecule has 0 aliphatic heterocycles. The standard InChI is InChI=1S/C8H10N2OS/c1-2-11-8(12)10-7-3-5-9-6-4-7/h3-6H,2H2,1H3,(H,9,10,12). The van der Waals surface area contributed by atoms with Crippen molar-refractivity contribution < 1.29 is 4.74 Å². The van der Waals surface area contributed by atoms with Crippen LogP contribution in [0.3, 0.4) is 0 Å². The summed E-state index contributed by atoms with van der Waals surface area (Å²) in [4.78, 5) is 3.87. The van der Waals surface area contributed by atoms with E-state index < -0.39 is 0 Å². The van der Waals surface area contributed by atoms with Crippen LogP contribution in [0.2, 0.25) is 0 Å². The van der Waals surface area contributed by atoms with Crippen molar-refractivity contribution in [2.24, 2.45) is 0 Å². The van der Waals surface area contributed by atoms with Gasteiger partial charge in [-0.05, 0) is 31.3 Å². The molecule has 0 atom stereocenters. The van der Waals surface area contributed by atoms with Crippen LogP contribution in [0, 0.1) is 0 Å². The molecule has 12 heavy (non-hydrogen) atoms. The van der Waals surface area contributed by atoms with Crippen LogP contribution in [0.5, 0.6) is 0 Å². The molecule has 0 fully saturated rings. The van der Waals surface area contributed by atoms with Crippen LogP contribution in [0.1, 0.15) is 6.92 Å². The average molecular weight is 182 g/mol. The Kier molecular flexibility index (Phi) is 3.47. The second-order valence-electron chi connectivity index (χ2n) is 2.08. The van der Waals surface area contributed by atoms with Gasteiger partial charge in [-0.15, -0.1) is 0 Å². The average Bonchev–Trinajstić information content (AvgIpc) is 2.06. The molecule has 0 bridgehead atoms. The lowest BCUT2D eigenvalue weighted by molar-refractivity contribution is 0.335. The SMILES string of the molecule is CCOC(=S)Nc1ccncc1. The highest BCUT2D eigenvalue weighted by atomic mass is 32.1. The third-order valence-electron chi connectivity index (χ3n) is 1.20. The van der Waals surface area contributed by atoms with Crippen molar-refractivity contribution >= 4 is 23.1 Å². The van der Waals surface area contributed by atoms with Crippen LogP contribution in [-0.2, 0) is 4.74 Å². The lowest BCUT2D eigenvalue weighted by Gasteiger charge is -2.06. The summed E-state index contributed by atoms with van der Waals surface area (Å²) in [5.74, 6) is 0. The molecule has 0 aliphatic carbocycles. The van der Waals surface area contributed by atoms with E-state index >= 15 is 0 Å². The molecule has 3 nitrogen and oxygen atoms in total. The zero-order valence-corrected chi connectivity index (χ0v) is 7.60. The van der Waals surface area contributed by atoms with Crippen molar-refractivity contribution in [3.63, 3.8) is 0 Å². The quantitative estimate of drug-likeness (QED) is 0.707. The Labute approximate surface area is 76.8 Å². The molecule has 0 radical (unpaired) electrons. The van der Waals surface area contributed by atoms with Gasteiger partial charge < -0.3 is 10.1 Å². The zero-order chi connectivity index (χ0) is 8.81. The molecule has 0 aliphatic rings. The Morgan fingerprint density at radius 1 is 1.58 bits per heavy atom. The number of thiocarbonyl (C=S) groups is 1. The van der Waals surface area contributed by atoms with E-state index in [9.17, 15) is 0 Å². The van der Waals surface area contributed by atoms with Crippen LogP contribution in [0.15, 0.2) is 24.5 Å². The van der Waals surface area contributed by atoms with E-state index in [1.54, 1.807) is 12.4 Å². The third kappa shape index (κ3) is 2.84. The minimum atomic E-state index is 0.392. The monoisotopic (exact) mass is 182 g/mol. The van der Waals surface area contributed by atoms with E-state index in [4.69, 9.17) is 17.0 Å². The fourth-order valence-corrected chi connectivity index (χ4v) is 0.956. The molecule has 0 aromatic carbocycles. The van der Waals surface area contributed by atoms with Gasteiger partial charge in [0.05, 0.1) is 6.61 Å². The number of rotatable bonds is 2. The molecular formula is C8H10N2OS. The van der Waals surface area contributed by atoms with Gasteiger partial charge in [-0.25, -0.2) is 0 Å². The topological polar surface area (TPSA) is 34.1 Å². The Morgan fingerprint density at radius 2 is 2.25 bits per heavy atom. The number of pyridine rings is 1. The fraction of sp³-hybridized carbons (Fsp3) is 0.250. The van der Waals surface area contributed by atoms with Gasteiger partial charge in [0.15, 0.2) is 0 Å². The first-order valence-corrected chi connectivity index (χ1v) is 4.07. The highest BCUT2D eigenvalue weighted by Gasteiger charge is 1.94. The Morgan fingerprint density at radius 3 is 2.83 bits per heavy atom. The van der Waals surface area contributed by atoms with E-state index in [-0.39, 0.29) is 0 Å². The molecule has 4 heteroatoms. The van der Waals surface area contributed by atoms with Gasteiger partial charge in [0.2, 0.25) is 0 Å².